The number of likely N-dealkylation sites (tertiary alicyclic amines) is 1. The maximum Gasteiger partial charge on any atom is 0.418 e. The predicted octanol–water partition coefficient (Wildman–Crippen LogP) is 8.77. The third-order valence-corrected chi connectivity index (χ3v) is 10.1. The molecule has 3 aromatic rings. The summed E-state index contributed by atoms with van der Waals surface area (Å²) >= 11 is 12.8. The van der Waals surface area contributed by atoms with E-state index in [0.717, 1.165) is 57.0 Å². The Balaban J connectivity index is 1.49. The van der Waals surface area contributed by atoms with Crippen LogP contribution in [0.2, 0.25) is 10.0 Å². The molecule has 49 heavy (non-hydrogen) atoms. The molecule has 2 aromatic carbocycles. The van der Waals surface area contributed by atoms with Crippen LogP contribution in [0, 0.1) is 5.92 Å². The first-order valence-corrected chi connectivity index (χ1v) is 18.1. The molecule has 0 bridgehead atoms. The smallest absolute Gasteiger partial charge is 0.418 e. The Kier molecular flexibility index (Phi) is 12.5. The van der Waals surface area contributed by atoms with Crippen molar-refractivity contribution in [2.24, 2.45) is 5.92 Å². The number of alkyl halides is 5. The molecule has 2 atom stereocenters. The van der Waals surface area contributed by atoms with Crippen molar-refractivity contribution in [2.75, 3.05) is 44.1 Å². The Morgan fingerprint density at radius 1 is 1.08 bits per heavy atom. The summed E-state index contributed by atoms with van der Waals surface area (Å²) in [5.41, 5.74) is -0.893. The van der Waals surface area contributed by atoms with Crippen LogP contribution in [0.25, 0.3) is 0 Å². The van der Waals surface area contributed by atoms with Crippen molar-refractivity contribution in [3.63, 3.8) is 0 Å². The molecule has 1 aromatic heterocycles. The van der Waals surface area contributed by atoms with Gasteiger partial charge in [0, 0.05) is 31.9 Å². The Bertz CT molecular complexity index is 1590. The van der Waals surface area contributed by atoms with Gasteiger partial charge in [0.2, 0.25) is 0 Å². The lowest BCUT2D eigenvalue weighted by atomic mass is 10.0. The van der Waals surface area contributed by atoms with Crippen LogP contribution < -0.4 is 14.1 Å². The number of benzene rings is 2. The van der Waals surface area contributed by atoms with Crippen LogP contribution in [0.15, 0.2) is 48.8 Å². The average molecular weight is 751 g/mol. The number of aromatic nitrogens is 1. The van der Waals surface area contributed by atoms with E-state index in [2.05, 4.69) is 14.6 Å². The summed E-state index contributed by atoms with van der Waals surface area (Å²) in [4.78, 5) is 30.5. The Labute approximate surface area is 291 Å². The number of halogens is 7. The molecule has 0 radical (unpaired) electrons. The molecule has 0 amide bonds. The molecule has 1 aliphatic heterocycles. The van der Waals surface area contributed by atoms with Gasteiger partial charge in [-0.15, -0.1) is 0 Å². The Hall–Kier alpha value is -2.96. The zero-order chi connectivity index (χ0) is 35.3. The van der Waals surface area contributed by atoms with Gasteiger partial charge >= 0.3 is 18.8 Å². The number of pyridine rings is 1. The highest BCUT2D eigenvalue weighted by Crippen LogP contribution is 2.45. The van der Waals surface area contributed by atoms with E-state index >= 15 is 0 Å². The second-order valence-electron chi connectivity index (χ2n) is 11.9. The molecule has 1 aliphatic carbocycles. The van der Waals surface area contributed by atoms with Gasteiger partial charge < -0.3 is 28.7 Å². The zero-order valence-corrected chi connectivity index (χ0v) is 28.8. The van der Waals surface area contributed by atoms with Crippen LogP contribution in [0.1, 0.15) is 58.8 Å². The van der Waals surface area contributed by atoms with E-state index in [9.17, 15) is 31.6 Å². The molecule has 2 aliphatic rings. The molecular weight excluding hydrogens is 715 g/mol. The third kappa shape index (κ3) is 10.1. The molecule has 0 spiro atoms. The molecule has 266 valence electrons. The monoisotopic (exact) mass is 749 g/mol. The van der Waals surface area contributed by atoms with Crippen LogP contribution >= 0.6 is 31.5 Å². The number of esters is 1. The maximum atomic E-state index is 14.2. The highest BCUT2D eigenvalue weighted by atomic mass is 35.5. The summed E-state index contributed by atoms with van der Waals surface area (Å²) in [5, 5.41) is 0.335. The van der Waals surface area contributed by atoms with Crippen molar-refractivity contribution in [2.45, 2.75) is 51.0 Å². The van der Waals surface area contributed by atoms with Crippen LogP contribution in [0.4, 0.5) is 27.6 Å². The van der Waals surface area contributed by atoms with Crippen LogP contribution in [-0.4, -0.2) is 66.8 Å². The van der Waals surface area contributed by atoms with Gasteiger partial charge in [-0.2, -0.15) is 22.0 Å². The van der Waals surface area contributed by atoms with E-state index in [1.165, 1.54) is 41.9 Å². The number of ether oxygens (including phenoxy) is 3. The van der Waals surface area contributed by atoms with E-state index in [1.54, 1.807) is 0 Å². The molecule has 1 unspecified atom stereocenters. The Morgan fingerprint density at radius 2 is 1.78 bits per heavy atom. The fourth-order valence-corrected chi connectivity index (χ4v) is 6.92. The molecule has 1 saturated heterocycles. The van der Waals surface area contributed by atoms with Gasteiger partial charge in [-0.3, -0.25) is 4.98 Å². The lowest BCUT2D eigenvalue weighted by Crippen LogP contribution is -2.32. The first kappa shape index (κ1) is 37.3. The van der Waals surface area contributed by atoms with Gasteiger partial charge in [0.1, 0.15) is 14.4 Å². The maximum absolute atomic E-state index is 14.2. The molecule has 8 nitrogen and oxygen atoms in total. The standard InChI is InChI=1S/C33H35Cl2F5N3O5P/c1-49(45)43(13-12-42-10-2-3-11-42)27-14-22(6-8-24(27)33(38,39)40)31(44)47-29(16-23-25(34)17-41-18-26(23)35)21-7-9-28(48-32(36)37)30(15-21)46-19-20-4-5-20/h6-9,14-15,17-18,20,29,32,45H,2-5,10-13,16,19H2,1H3/t29-,49?/m0/s1. The van der Waals surface area contributed by atoms with Gasteiger partial charge in [0.15, 0.2) is 11.5 Å². The van der Waals surface area contributed by atoms with Gasteiger partial charge in [0.25, 0.3) is 0 Å². The topological polar surface area (TPSA) is 84.4 Å². The summed E-state index contributed by atoms with van der Waals surface area (Å²) in [7, 11) is -2.03. The van der Waals surface area contributed by atoms with Crippen molar-refractivity contribution < 1.29 is 45.9 Å². The fourth-order valence-electron chi connectivity index (χ4n) is 5.54. The van der Waals surface area contributed by atoms with Crippen molar-refractivity contribution in [1.82, 2.24) is 9.88 Å². The van der Waals surface area contributed by atoms with Gasteiger partial charge in [0.05, 0.1) is 33.5 Å². The van der Waals surface area contributed by atoms with E-state index in [0.29, 0.717) is 17.7 Å². The first-order valence-electron chi connectivity index (χ1n) is 15.6. The first-order chi connectivity index (χ1) is 23.3. The van der Waals surface area contributed by atoms with E-state index < -0.39 is 38.7 Å². The predicted molar refractivity (Wildman–Crippen MR) is 177 cm³/mol. The summed E-state index contributed by atoms with van der Waals surface area (Å²) < 4.78 is 86.8. The summed E-state index contributed by atoms with van der Waals surface area (Å²) in [5.74, 6) is -0.918. The molecule has 1 N–H and O–H groups in total. The minimum absolute atomic E-state index is 0.00220. The van der Waals surface area contributed by atoms with Gasteiger partial charge in [-0.25, -0.2) is 4.79 Å². The Morgan fingerprint density at radius 3 is 2.39 bits per heavy atom. The van der Waals surface area contributed by atoms with Crippen molar-refractivity contribution in [3.05, 3.63) is 81.1 Å². The van der Waals surface area contributed by atoms with E-state index in [-0.39, 0.29) is 58.3 Å². The zero-order valence-electron chi connectivity index (χ0n) is 26.4. The van der Waals surface area contributed by atoms with Crippen LogP contribution in [-0.2, 0) is 17.3 Å². The van der Waals surface area contributed by atoms with Crippen molar-refractivity contribution >= 4 is 43.2 Å². The number of hydrogen-bond acceptors (Lipinski definition) is 8. The number of hydrogen-bond donors (Lipinski definition) is 1. The number of carbonyl (C=O) groups is 1. The quantitative estimate of drug-likeness (QED) is 0.0939. The minimum atomic E-state index is -4.77. The molecule has 1 saturated carbocycles. The molecular formula is C33H35Cl2F5N3O5P. The second kappa shape index (κ2) is 16.4. The van der Waals surface area contributed by atoms with Crippen LogP contribution in [0.3, 0.4) is 0 Å². The van der Waals surface area contributed by atoms with Gasteiger partial charge in [-0.1, -0.05) is 29.3 Å². The van der Waals surface area contributed by atoms with Crippen molar-refractivity contribution in [1.29, 1.82) is 0 Å². The molecule has 16 heteroatoms. The van der Waals surface area contributed by atoms with Crippen molar-refractivity contribution in [3.8, 4) is 11.5 Å². The summed E-state index contributed by atoms with van der Waals surface area (Å²) in [6.45, 7) is 0.743. The van der Waals surface area contributed by atoms with E-state index in [4.69, 9.17) is 32.7 Å². The van der Waals surface area contributed by atoms with E-state index in [1.807, 2.05) is 0 Å². The normalized spacial score (nSPS) is 16.4. The fraction of sp³-hybridized carbons (Fsp3) is 0.455. The minimum Gasteiger partial charge on any atom is -0.489 e. The lowest BCUT2D eigenvalue weighted by molar-refractivity contribution is -0.137. The highest BCUT2D eigenvalue weighted by molar-refractivity contribution is 7.52. The number of carbonyl (C=O) groups excluding carboxylic acids is 1. The molecule has 2 fully saturated rings. The summed E-state index contributed by atoms with van der Waals surface area (Å²) in [6.07, 6.45) is 0.512. The number of nitrogens with zero attached hydrogens (tertiary/aromatic N) is 3. The molecule has 2 heterocycles. The lowest BCUT2D eigenvalue weighted by Gasteiger charge is -2.31. The largest absolute Gasteiger partial charge is 0.489 e. The number of anilines is 1. The SMILES string of the molecule is CP(O)N(CCN1CCCC1)c1cc(C(=O)O[C@@H](Cc2c(Cl)cncc2Cl)c2ccc(OC(F)F)c(OCC3CC3)c2)ccc1C(F)(F)F. The highest BCUT2D eigenvalue weighted by Gasteiger charge is 2.37. The molecule has 5 rings (SSSR count). The van der Waals surface area contributed by atoms with Crippen LogP contribution in [0.5, 0.6) is 11.5 Å². The third-order valence-electron chi connectivity index (χ3n) is 8.31. The van der Waals surface area contributed by atoms with Gasteiger partial charge in [-0.05, 0) is 92.8 Å². The number of rotatable bonds is 15. The second-order valence-corrected chi connectivity index (χ2v) is 14.2. The summed E-state index contributed by atoms with van der Waals surface area (Å²) in [6, 6.07) is 6.96. The average Bonchev–Trinajstić information content (AvgIpc) is 3.72.